The van der Waals surface area contributed by atoms with Gasteiger partial charge < -0.3 is 5.32 Å². The molecule has 0 aliphatic rings. The third kappa shape index (κ3) is 2.69. The lowest BCUT2D eigenvalue weighted by Gasteiger charge is -2.04. The fourth-order valence-corrected chi connectivity index (χ4v) is 0.958. The molecule has 1 aromatic rings. The van der Waals surface area contributed by atoms with Gasteiger partial charge in [0.25, 0.3) is 0 Å². The smallest absolute Gasteiger partial charge is 0.223 e. The molecule has 0 atom stereocenters. The molecule has 0 aliphatic carbocycles. The number of anilines is 1. The zero-order chi connectivity index (χ0) is 10.4. The number of aromatic nitrogens is 2. The summed E-state index contributed by atoms with van der Waals surface area (Å²) in [6.45, 7) is 6.26. The van der Waals surface area contributed by atoms with Gasteiger partial charge in [-0.1, -0.05) is 6.92 Å². The molecule has 1 rings (SSSR count). The molecule has 14 heavy (non-hydrogen) atoms. The Morgan fingerprint density at radius 2 is 2.50 bits per heavy atom. The molecule has 0 bridgehead atoms. The number of rotatable bonds is 3. The van der Waals surface area contributed by atoms with Crippen LogP contribution in [0.3, 0.4) is 0 Å². The Morgan fingerprint density at radius 3 is 3.00 bits per heavy atom. The normalized spacial score (nSPS) is 11.4. The van der Waals surface area contributed by atoms with Crippen LogP contribution >= 0.6 is 0 Å². The Labute approximate surface area is 83.6 Å². The van der Waals surface area contributed by atoms with Gasteiger partial charge in [0, 0.05) is 19.7 Å². The van der Waals surface area contributed by atoms with E-state index in [-0.39, 0.29) is 0 Å². The number of hydrogen-bond acceptors (Lipinski definition) is 2. The molecule has 76 valence electrons. The van der Waals surface area contributed by atoms with E-state index in [0.29, 0.717) is 5.96 Å². The summed E-state index contributed by atoms with van der Waals surface area (Å²) in [6.07, 6.45) is 2.70. The molecule has 5 heteroatoms. The summed E-state index contributed by atoms with van der Waals surface area (Å²) in [5.74, 6) is 1.39. The van der Waals surface area contributed by atoms with Gasteiger partial charge in [-0.25, -0.2) is 4.99 Å². The van der Waals surface area contributed by atoms with Crippen molar-refractivity contribution in [3.05, 3.63) is 12.3 Å². The molecule has 0 fully saturated rings. The van der Waals surface area contributed by atoms with Crippen LogP contribution in [0.2, 0.25) is 0 Å². The molecule has 0 saturated carbocycles. The summed E-state index contributed by atoms with van der Waals surface area (Å²) in [7, 11) is 1.85. The predicted molar refractivity (Wildman–Crippen MR) is 59.0 cm³/mol. The van der Waals surface area contributed by atoms with Gasteiger partial charge in [-0.2, -0.15) is 5.10 Å². The van der Waals surface area contributed by atoms with Crippen LogP contribution in [0.15, 0.2) is 22.2 Å². The van der Waals surface area contributed by atoms with Crippen molar-refractivity contribution in [2.75, 3.05) is 11.9 Å². The van der Waals surface area contributed by atoms with Crippen LogP contribution in [-0.2, 0) is 7.05 Å². The maximum absolute atomic E-state index is 4.21. The molecule has 0 saturated heterocycles. The lowest BCUT2D eigenvalue weighted by Crippen LogP contribution is -2.12. The summed E-state index contributed by atoms with van der Waals surface area (Å²) in [5.41, 5.74) is 0. The van der Waals surface area contributed by atoms with Crippen LogP contribution in [0.1, 0.15) is 13.3 Å². The van der Waals surface area contributed by atoms with E-state index < -0.39 is 0 Å². The Kier molecular flexibility index (Phi) is 3.84. The fourth-order valence-electron chi connectivity index (χ4n) is 0.958. The van der Waals surface area contributed by atoms with E-state index in [9.17, 15) is 0 Å². The van der Waals surface area contributed by atoms with Crippen molar-refractivity contribution in [2.45, 2.75) is 13.3 Å². The van der Waals surface area contributed by atoms with Gasteiger partial charge in [-0.15, -0.1) is 0 Å². The zero-order valence-electron chi connectivity index (χ0n) is 8.56. The molecule has 0 amide bonds. The third-order valence-corrected chi connectivity index (χ3v) is 1.70. The number of hydrogen-bond donors (Lipinski definition) is 1. The number of aliphatic imine (C=N–C) groups is 2. The molecule has 1 heterocycles. The average Bonchev–Trinajstić information content (AvgIpc) is 2.59. The van der Waals surface area contributed by atoms with Gasteiger partial charge in [-0.3, -0.25) is 9.67 Å². The third-order valence-electron chi connectivity index (χ3n) is 1.70. The largest absolute Gasteiger partial charge is 0.309 e. The molecular weight excluding hydrogens is 178 g/mol. The quantitative estimate of drug-likeness (QED) is 0.581. The monoisotopic (exact) mass is 193 g/mol. The number of aryl methyl sites for hydroxylation is 1. The highest BCUT2D eigenvalue weighted by Gasteiger charge is 1.99. The molecule has 1 N–H and O–H groups in total. The minimum Gasteiger partial charge on any atom is -0.309 e. The van der Waals surface area contributed by atoms with Crippen molar-refractivity contribution in [1.82, 2.24) is 9.78 Å². The van der Waals surface area contributed by atoms with E-state index >= 15 is 0 Å². The second kappa shape index (κ2) is 5.16. The van der Waals surface area contributed by atoms with Crippen LogP contribution in [-0.4, -0.2) is 29.0 Å². The molecule has 0 aliphatic heterocycles. The van der Waals surface area contributed by atoms with Crippen LogP contribution in [0.5, 0.6) is 0 Å². The van der Waals surface area contributed by atoms with Crippen molar-refractivity contribution in [3.63, 3.8) is 0 Å². The van der Waals surface area contributed by atoms with Crippen LogP contribution < -0.4 is 5.32 Å². The first-order chi connectivity index (χ1) is 6.77. The van der Waals surface area contributed by atoms with Gasteiger partial charge >= 0.3 is 0 Å². The van der Waals surface area contributed by atoms with E-state index in [1.165, 1.54) is 0 Å². The molecule has 0 spiro atoms. The average molecular weight is 193 g/mol. The summed E-state index contributed by atoms with van der Waals surface area (Å²) in [4.78, 5) is 8.00. The molecule has 0 radical (unpaired) electrons. The first kappa shape index (κ1) is 10.4. The van der Waals surface area contributed by atoms with Crippen LogP contribution in [0.25, 0.3) is 0 Å². The Hall–Kier alpha value is -1.65. The van der Waals surface area contributed by atoms with E-state index in [1.54, 1.807) is 10.9 Å². The zero-order valence-corrected chi connectivity index (χ0v) is 8.56. The highest BCUT2D eigenvalue weighted by Crippen LogP contribution is 2.03. The lowest BCUT2D eigenvalue weighted by molar-refractivity contribution is 0.777. The molecule has 1 aromatic heterocycles. The van der Waals surface area contributed by atoms with Crippen LogP contribution in [0.4, 0.5) is 5.82 Å². The van der Waals surface area contributed by atoms with Crippen LogP contribution in [0, 0.1) is 0 Å². The van der Waals surface area contributed by atoms with Crippen molar-refractivity contribution < 1.29 is 0 Å². The number of guanidine groups is 1. The van der Waals surface area contributed by atoms with Gasteiger partial charge in [0.2, 0.25) is 5.96 Å². The minimum atomic E-state index is 0.537. The second-order valence-electron chi connectivity index (χ2n) is 2.83. The van der Waals surface area contributed by atoms with Crippen molar-refractivity contribution in [2.24, 2.45) is 17.0 Å². The number of nitrogens with zero attached hydrogens (tertiary/aromatic N) is 4. The SMILES string of the molecule is C=N/C(=N\CCC)Nc1ccnn1C. The summed E-state index contributed by atoms with van der Waals surface area (Å²) < 4.78 is 1.71. The lowest BCUT2D eigenvalue weighted by atomic mass is 10.5. The first-order valence-corrected chi connectivity index (χ1v) is 4.54. The van der Waals surface area contributed by atoms with Gasteiger partial charge in [0.05, 0.1) is 6.20 Å². The van der Waals surface area contributed by atoms with Crippen molar-refractivity contribution in [3.8, 4) is 0 Å². The standard InChI is InChI=1S/C9H15N5/c1-4-6-11-9(10-2)13-8-5-7-12-14(8)3/h5,7H,2,4,6H2,1,3H3,(H,11,13). The fraction of sp³-hybridized carbons (Fsp3) is 0.444. The van der Waals surface area contributed by atoms with Gasteiger partial charge in [0.15, 0.2) is 0 Å². The maximum Gasteiger partial charge on any atom is 0.223 e. The Morgan fingerprint density at radius 1 is 1.71 bits per heavy atom. The Bertz CT molecular complexity index is 326. The summed E-state index contributed by atoms with van der Waals surface area (Å²) in [5, 5.41) is 7.05. The second-order valence-corrected chi connectivity index (χ2v) is 2.83. The highest BCUT2D eigenvalue weighted by atomic mass is 15.3. The molecule has 5 nitrogen and oxygen atoms in total. The van der Waals surface area contributed by atoms with Crippen molar-refractivity contribution in [1.29, 1.82) is 0 Å². The van der Waals surface area contributed by atoms with E-state index in [0.717, 1.165) is 18.8 Å². The molecule has 0 unspecified atom stereocenters. The first-order valence-electron chi connectivity index (χ1n) is 4.54. The highest BCUT2D eigenvalue weighted by molar-refractivity contribution is 5.95. The Balaban J connectivity index is 2.66. The predicted octanol–water partition coefficient (Wildman–Crippen LogP) is 1.30. The van der Waals surface area contributed by atoms with Crippen molar-refractivity contribution >= 4 is 18.5 Å². The molecule has 0 aromatic carbocycles. The minimum absolute atomic E-state index is 0.537. The van der Waals surface area contributed by atoms with E-state index in [1.807, 2.05) is 13.1 Å². The van der Waals surface area contributed by atoms with Gasteiger partial charge in [0.1, 0.15) is 5.82 Å². The summed E-state index contributed by atoms with van der Waals surface area (Å²) >= 11 is 0. The van der Waals surface area contributed by atoms with E-state index in [2.05, 4.69) is 34.0 Å². The van der Waals surface area contributed by atoms with Gasteiger partial charge in [-0.05, 0) is 13.1 Å². The topological polar surface area (TPSA) is 54.6 Å². The van der Waals surface area contributed by atoms with E-state index in [4.69, 9.17) is 0 Å². The molecular formula is C9H15N5. The number of nitrogens with one attached hydrogen (secondary N) is 1. The maximum atomic E-state index is 4.21. The summed E-state index contributed by atoms with van der Waals surface area (Å²) in [6, 6.07) is 1.85.